The van der Waals surface area contributed by atoms with Gasteiger partial charge >= 0.3 is 0 Å². The Balaban J connectivity index is 0.000000433. The van der Waals surface area contributed by atoms with Crippen LogP contribution in [0.15, 0.2) is 102 Å². The first-order chi connectivity index (χ1) is 24.2. The quantitative estimate of drug-likeness (QED) is 0.0818. The lowest BCUT2D eigenvalue weighted by atomic mass is 10.1. The Hall–Kier alpha value is -4.51. The highest BCUT2D eigenvalue weighted by molar-refractivity contribution is 7.90. The number of rotatable bonds is 12. The number of thiazole rings is 1. The number of halogens is 2. The van der Waals surface area contributed by atoms with Gasteiger partial charge in [-0.05, 0) is 67.1 Å². The second-order valence-corrected chi connectivity index (χ2v) is 16.4. The molecule has 0 saturated heterocycles. The lowest BCUT2D eigenvalue weighted by Gasteiger charge is -2.12. The molecule has 4 aromatic carbocycles. The lowest BCUT2D eigenvalue weighted by molar-refractivity contribution is 0.306. The smallest absolute Gasteiger partial charge is 0.294 e. The van der Waals surface area contributed by atoms with Crippen LogP contribution >= 0.6 is 22.9 Å². The van der Waals surface area contributed by atoms with Crippen molar-refractivity contribution in [2.75, 3.05) is 23.9 Å². The number of benzene rings is 4. The SMILES string of the molecule is C.CS(=O)(=O)CCNCc1nc(-c2ccc3ncnc(Nc4ccc(OCc5cccc(F)c5)c(Cl)c4)c3c2)cs1.Cc1ccc(S(=O)(=O)O)cc1. The molecule has 2 heterocycles. The van der Waals surface area contributed by atoms with E-state index in [1.807, 2.05) is 36.6 Å². The van der Waals surface area contributed by atoms with Crippen LogP contribution in [0.1, 0.15) is 23.6 Å². The van der Waals surface area contributed by atoms with Gasteiger partial charge in [-0.1, -0.05) is 54.9 Å². The molecule has 274 valence electrons. The van der Waals surface area contributed by atoms with Crippen LogP contribution in [0.3, 0.4) is 0 Å². The number of anilines is 2. The van der Waals surface area contributed by atoms with Crippen molar-refractivity contribution < 1.29 is 30.5 Å². The van der Waals surface area contributed by atoms with E-state index in [9.17, 15) is 21.2 Å². The van der Waals surface area contributed by atoms with E-state index in [0.717, 1.165) is 32.7 Å². The normalized spacial score (nSPS) is 11.3. The van der Waals surface area contributed by atoms with Crippen LogP contribution in [0.2, 0.25) is 5.02 Å². The highest BCUT2D eigenvalue weighted by atomic mass is 35.5. The molecule has 6 rings (SSSR count). The fourth-order valence-corrected chi connectivity index (χ4v) is 6.63. The second-order valence-electron chi connectivity index (χ2n) is 11.4. The maximum absolute atomic E-state index is 13.4. The van der Waals surface area contributed by atoms with Crippen LogP contribution in [0.4, 0.5) is 15.9 Å². The average molecular weight is 786 g/mol. The third-order valence-corrected chi connectivity index (χ3v) is 10.2. The first-order valence-electron chi connectivity index (χ1n) is 15.3. The maximum Gasteiger partial charge on any atom is 0.294 e. The topological polar surface area (TPSA) is 160 Å². The zero-order valence-electron chi connectivity index (χ0n) is 27.4. The fraction of sp³-hybridized carbons (Fsp3) is 0.194. The van der Waals surface area contributed by atoms with Crippen LogP contribution in [0, 0.1) is 12.7 Å². The Morgan fingerprint density at radius 3 is 2.42 bits per heavy atom. The van der Waals surface area contributed by atoms with Crippen molar-refractivity contribution in [2.24, 2.45) is 0 Å². The van der Waals surface area contributed by atoms with E-state index in [4.69, 9.17) is 25.9 Å². The van der Waals surface area contributed by atoms with Gasteiger partial charge in [-0.15, -0.1) is 11.3 Å². The van der Waals surface area contributed by atoms with Crippen molar-refractivity contribution in [2.45, 2.75) is 32.4 Å². The van der Waals surface area contributed by atoms with Gasteiger partial charge in [0.1, 0.15) is 45.2 Å². The van der Waals surface area contributed by atoms with Gasteiger partial charge in [-0.25, -0.2) is 27.8 Å². The van der Waals surface area contributed by atoms with Crippen molar-refractivity contribution in [3.05, 3.63) is 124 Å². The molecule has 0 bridgehead atoms. The first kappa shape index (κ1) is 40.3. The third kappa shape index (κ3) is 11.8. The Morgan fingerprint density at radius 2 is 1.73 bits per heavy atom. The van der Waals surface area contributed by atoms with Crippen LogP contribution < -0.4 is 15.4 Å². The molecule has 0 unspecified atom stereocenters. The summed E-state index contributed by atoms with van der Waals surface area (Å²) in [5.74, 6) is 0.855. The summed E-state index contributed by atoms with van der Waals surface area (Å²) in [5.41, 5.74) is 4.85. The minimum Gasteiger partial charge on any atom is -0.487 e. The van der Waals surface area contributed by atoms with Gasteiger partial charge in [0.2, 0.25) is 0 Å². The highest BCUT2D eigenvalue weighted by Gasteiger charge is 2.12. The summed E-state index contributed by atoms with van der Waals surface area (Å²) in [7, 11) is -7.02. The van der Waals surface area contributed by atoms with E-state index in [1.165, 1.54) is 48.2 Å². The van der Waals surface area contributed by atoms with Crippen molar-refractivity contribution >= 4 is 65.3 Å². The molecular weight excluding hydrogens is 749 g/mol. The molecule has 2 aromatic heterocycles. The van der Waals surface area contributed by atoms with E-state index in [0.29, 0.717) is 40.9 Å². The average Bonchev–Trinajstić information content (AvgIpc) is 3.55. The number of ether oxygens (including phenoxy) is 1. The molecular formula is C36H37ClFN5O6S3. The summed E-state index contributed by atoms with van der Waals surface area (Å²) in [6, 6.07) is 23.4. The van der Waals surface area contributed by atoms with Gasteiger partial charge in [0.05, 0.1) is 26.9 Å². The molecule has 0 spiro atoms. The zero-order chi connectivity index (χ0) is 36.6. The summed E-state index contributed by atoms with van der Waals surface area (Å²) in [5, 5.41) is 10.5. The van der Waals surface area contributed by atoms with Crippen molar-refractivity contribution in [3.63, 3.8) is 0 Å². The van der Waals surface area contributed by atoms with Crippen LogP contribution in [-0.4, -0.2) is 54.9 Å². The predicted molar refractivity (Wildman–Crippen MR) is 205 cm³/mol. The van der Waals surface area contributed by atoms with Crippen molar-refractivity contribution in [3.8, 4) is 17.0 Å². The minimum absolute atomic E-state index is 0. The van der Waals surface area contributed by atoms with Gasteiger partial charge in [0.15, 0.2) is 0 Å². The van der Waals surface area contributed by atoms with Gasteiger partial charge in [-0.2, -0.15) is 8.42 Å². The number of aryl methyl sites for hydroxylation is 1. The molecule has 0 saturated carbocycles. The summed E-state index contributed by atoms with van der Waals surface area (Å²) in [4.78, 5) is 13.4. The largest absolute Gasteiger partial charge is 0.487 e. The molecule has 0 radical (unpaired) electrons. The molecule has 0 fully saturated rings. The Labute approximate surface area is 311 Å². The van der Waals surface area contributed by atoms with Crippen LogP contribution in [-0.2, 0) is 33.1 Å². The summed E-state index contributed by atoms with van der Waals surface area (Å²) in [6.45, 7) is 2.90. The van der Waals surface area contributed by atoms with Gasteiger partial charge in [0, 0.05) is 41.4 Å². The maximum atomic E-state index is 13.4. The Bertz CT molecular complexity index is 2360. The second kappa shape index (κ2) is 17.8. The molecule has 52 heavy (non-hydrogen) atoms. The number of aromatic nitrogens is 3. The number of nitrogens with zero attached hydrogens (tertiary/aromatic N) is 3. The molecule has 0 aliphatic rings. The van der Waals surface area contributed by atoms with E-state index in [-0.39, 0.29) is 30.5 Å². The van der Waals surface area contributed by atoms with Gasteiger partial charge in [-0.3, -0.25) is 4.55 Å². The Kier molecular flexibility index (Phi) is 13.8. The van der Waals surface area contributed by atoms with Crippen LogP contribution in [0.5, 0.6) is 5.75 Å². The monoisotopic (exact) mass is 785 g/mol. The lowest BCUT2D eigenvalue weighted by Crippen LogP contribution is -2.21. The molecule has 0 atom stereocenters. The summed E-state index contributed by atoms with van der Waals surface area (Å²) < 4.78 is 71.4. The standard InChI is InChI=1S/C28H25ClFN5O3S2.C7H8O3S.CH4/c1-40(36,37)10-9-31-14-27-35-25(16-39-27)19-5-7-24-22(12-19)28(33-17-32-24)34-21-6-8-26(23(29)13-21)38-15-18-3-2-4-20(30)11-18;1-6-2-4-7(5-3-6)11(8,9)10;/h2-8,11-13,16-17,31H,9-10,14-15H2,1H3,(H,32,33,34);2-5H,1H3,(H,8,9,10);1H4. The van der Waals surface area contributed by atoms with Crippen LogP contribution in [0.25, 0.3) is 22.2 Å². The number of hydrogen-bond acceptors (Lipinski definition) is 11. The van der Waals surface area contributed by atoms with E-state index in [1.54, 1.807) is 36.4 Å². The highest BCUT2D eigenvalue weighted by Crippen LogP contribution is 2.32. The molecule has 3 N–H and O–H groups in total. The number of hydrogen-bond donors (Lipinski definition) is 3. The molecule has 0 aliphatic carbocycles. The van der Waals surface area contributed by atoms with Crippen molar-refractivity contribution in [1.29, 1.82) is 0 Å². The summed E-state index contributed by atoms with van der Waals surface area (Å²) >= 11 is 7.98. The number of fused-ring (bicyclic) bond motifs is 1. The molecule has 16 heteroatoms. The molecule has 0 amide bonds. The fourth-order valence-electron chi connectivity index (χ4n) is 4.62. The zero-order valence-corrected chi connectivity index (χ0v) is 30.6. The van der Waals surface area contributed by atoms with Gasteiger partial charge in [0.25, 0.3) is 10.1 Å². The van der Waals surface area contributed by atoms with E-state index >= 15 is 0 Å². The third-order valence-electron chi connectivity index (χ3n) is 7.21. The predicted octanol–water partition coefficient (Wildman–Crippen LogP) is 7.88. The molecule has 6 aromatic rings. The van der Waals surface area contributed by atoms with Gasteiger partial charge < -0.3 is 15.4 Å². The van der Waals surface area contributed by atoms with Crippen molar-refractivity contribution in [1.82, 2.24) is 20.3 Å². The van der Waals surface area contributed by atoms with E-state index < -0.39 is 20.0 Å². The number of sulfone groups is 1. The Morgan fingerprint density at radius 1 is 0.962 bits per heavy atom. The summed E-state index contributed by atoms with van der Waals surface area (Å²) in [6.07, 6.45) is 2.71. The van der Waals surface area contributed by atoms with E-state index in [2.05, 4.69) is 20.6 Å². The number of nitrogens with one attached hydrogen (secondary N) is 2. The minimum atomic E-state index is -4.02. The molecule has 0 aliphatic heterocycles. The first-order valence-corrected chi connectivity index (χ1v) is 20.1. The molecule has 11 nitrogen and oxygen atoms in total.